The number of amides is 1. The Morgan fingerprint density at radius 3 is 3.00 bits per heavy atom. The second-order valence-corrected chi connectivity index (χ2v) is 5.15. The molecule has 1 unspecified atom stereocenters. The quantitative estimate of drug-likeness (QED) is 0.755. The first-order valence-corrected chi connectivity index (χ1v) is 6.68. The molecule has 2 nitrogen and oxygen atoms in total. The summed E-state index contributed by atoms with van der Waals surface area (Å²) < 4.78 is 0. The second-order valence-electron chi connectivity index (χ2n) is 4.41. The zero-order valence-corrected chi connectivity index (χ0v) is 11.3. The van der Waals surface area contributed by atoms with Crippen molar-refractivity contribution < 1.29 is 4.79 Å². The van der Waals surface area contributed by atoms with Gasteiger partial charge >= 0.3 is 0 Å². The molecule has 1 aliphatic rings. The molecule has 1 atom stereocenters. The van der Waals surface area contributed by atoms with Gasteiger partial charge in [-0.15, -0.1) is 11.6 Å². The zero-order valence-electron chi connectivity index (χ0n) is 9.75. The molecule has 0 aliphatic carbocycles. The normalized spacial score (nSPS) is 19.7. The maximum absolute atomic E-state index is 12.4. The van der Waals surface area contributed by atoms with Crippen molar-refractivity contribution in [2.45, 2.75) is 25.8 Å². The topological polar surface area (TPSA) is 20.3 Å². The molecule has 0 aromatic heterocycles. The lowest BCUT2D eigenvalue weighted by Gasteiger charge is -2.23. The molecular formula is C13H15Cl2NO. The number of hydrogen-bond acceptors (Lipinski definition) is 1. The summed E-state index contributed by atoms with van der Waals surface area (Å²) >= 11 is 11.8. The van der Waals surface area contributed by atoms with E-state index >= 15 is 0 Å². The molecule has 0 N–H and O–H groups in total. The number of alkyl halides is 1. The van der Waals surface area contributed by atoms with E-state index in [0.717, 1.165) is 24.9 Å². The Balaban J connectivity index is 2.27. The highest BCUT2D eigenvalue weighted by molar-refractivity contribution is 6.31. The van der Waals surface area contributed by atoms with Gasteiger partial charge in [0.2, 0.25) is 0 Å². The van der Waals surface area contributed by atoms with Crippen molar-refractivity contribution >= 4 is 29.1 Å². The van der Waals surface area contributed by atoms with E-state index in [1.807, 2.05) is 17.9 Å². The van der Waals surface area contributed by atoms with Crippen LogP contribution in [0.5, 0.6) is 0 Å². The van der Waals surface area contributed by atoms with Crippen LogP contribution >= 0.6 is 23.2 Å². The van der Waals surface area contributed by atoms with E-state index in [9.17, 15) is 4.79 Å². The second kappa shape index (κ2) is 5.28. The summed E-state index contributed by atoms with van der Waals surface area (Å²) in [6.07, 6.45) is 2.03. The van der Waals surface area contributed by atoms with Crippen molar-refractivity contribution in [1.82, 2.24) is 4.90 Å². The molecule has 92 valence electrons. The molecule has 0 bridgehead atoms. The lowest BCUT2D eigenvalue weighted by molar-refractivity contribution is 0.0748. The van der Waals surface area contributed by atoms with Gasteiger partial charge in [0.25, 0.3) is 5.91 Å². The summed E-state index contributed by atoms with van der Waals surface area (Å²) in [4.78, 5) is 14.3. The van der Waals surface area contributed by atoms with Crippen LogP contribution in [0.25, 0.3) is 0 Å². The Morgan fingerprint density at radius 1 is 1.53 bits per heavy atom. The first-order chi connectivity index (χ1) is 8.13. The highest BCUT2D eigenvalue weighted by atomic mass is 35.5. The van der Waals surface area contributed by atoms with E-state index in [1.165, 1.54) is 0 Å². The SMILES string of the molecule is Cc1ccc(Cl)cc1C(=O)N1CCCC1CCl. The Kier molecular flexibility index (Phi) is 3.95. The van der Waals surface area contributed by atoms with E-state index in [0.29, 0.717) is 16.5 Å². The molecule has 1 saturated heterocycles. The predicted molar refractivity (Wildman–Crippen MR) is 71.0 cm³/mol. The first-order valence-electron chi connectivity index (χ1n) is 5.76. The molecule has 1 fully saturated rings. The summed E-state index contributed by atoms with van der Waals surface area (Å²) in [5.74, 6) is 0.555. The maximum Gasteiger partial charge on any atom is 0.254 e. The van der Waals surface area contributed by atoms with Gasteiger partial charge in [-0.05, 0) is 37.5 Å². The van der Waals surface area contributed by atoms with Gasteiger partial charge in [0.05, 0.1) is 0 Å². The fourth-order valence-electron chi connectivity index (χ4n) is 2.24. The Hall–Kier alpha value is -0.730. The van der Waals surface area contributed by atoms with Crippen molar-refractivity contribution in [2.24, 2.45) is 0 Å². The van der Waals surface area contributed by atoms with E-state index in [2.05, 4.69) is 0 Å². The van der Waals surface area contributed by atoms with Crippen LogP contribution in [0.15, 0.2) is 18.2 Å². The van der Waals surface area contributed by atoms with Crippen molar-refractivity contribution in [3.63, 3.8) is 0 Å². The van der Waals surface area contributed by atoms with Gasteiger partial charge in [-0.2, -0.15) is 0 Å². The predicted octanol–water partition coefficient (Wildman–Crippen LogP) is 3.49. The number of nitrogens with zero attached hydrogens (tertiary/aromatic N) is 1. The van der Waals surface area contributed by atoms with Crippen molar-refractivity contribution in [1.29, 1.82) is 0 Å². The van der Waals surface area contributed by atoms with Crippen molar-refractivity contribution in [3.8, 4) is 0 Å². The average molecular weight is 272 g/mol. The number of rotatable bonds is 2. The third-order valence-electron chi connectivity index (χ3n) is 3.25. The van der Waals surface area contributed by atoms with Crippen LogP contribution < -0.4 is 0 Å². The minimum absolute atomic E-state index is 0.0492. The summed E-state index contributed by atoms with van der Waals surface area (Å²) in [6, 6.07) is 5.59. The van der Waals surface area contributed by atoms with E-state index in [1.54, 1.807) is 12.1 Å². The molecule has 1 heterocycles. The van der Waals surface area contributed by atoms with Gasteiger partial charge in [0, 0.05) is 29.1 Å². The summed E-state index contributed by atoms with van der Waals surface area (Å²) in [5, 5.41) is 0.598. The Labute approximate surface area is 112 Å². The molecule has 0 radical (unpaired) electrons. The van der Waals surface area contributed by atoms with Gasteiger partial charge in [-0.3, -0.25) is 4.79 Å². The minimum Gasteiger partial charge on any atom is -0.334 e. The van der Waals surface area contributed by atoms with Gasteiger partial charge in [-0.25, -0.2) is 0 Å². The third kappa shape index (κ3) is 2.58. The molecule has 1 amide bonds. The lowest BCUT2D eigenvalue weighted by atomic mass is 10.1. The number of benzene rings is 1. The fraction of sp³-hybridized carbons (Fsp3) is 0.462. The molecule has 1 aromatic carbocycles. The number of carbonyl (C=O) groups excluding carboxylic acids is 1. The smallest absolute Gasteiger partial charge is 0.254 e. The standard InChI is InChI=1S/C13H15Cl2NO/c1-9-4-5-10(15)7-12(9)13(17)16-6-2-3-11(16)8-14/h4-5,7,11H,2-3,6,8H2,1H3. The van der Waals surface area contributed by atoms with Crippen molar-refractivity contribution in [3.05, 3.63) is 34.3 Å². The summed E-state index contributed by atoms with van der Waals surface area (Å²) in [5.41, 5.74) is 1.65. The molecule has 2 rings (SSSR count). The van der Waals surface area contributed by atoms with Gasteiger partial charge in [0.15, 0.2) is 0 Å². The van der Waals surface area contributed by atoms with Crippen LogP contribution in [0.2, 0.25) is 5.02 Å². The molecule has 1 aliphatic heterocycles. The third-order valence-corrected chi connectivity index (χ3v) is 3.84. The number of carbonyl (C=O) groups is 1. The van der Waals surface area contributed by atoms with E-state index in [-0.39, 0.29) is 11.9 Å². The van der Waals surface area contributed by atoms with Crippen molar-refractivity contribution in [2.75, 3.05) is 12.4 Å². The van der Waals surface area contributed by atoms with Gasteiger partial charge in [-0.1, -0.05) is 17.7 Å². The molecule has 4 heteroatoms. The molecule has 0 spiro atoms. The molecule has 0 saturated carbocycles. The lowest BCUT2D eigenvalue weighted by Crippen LogP contribution is -2.36. The molecule has 1 aromatic rings. The largest absolute Gasteiger partial charge is 0.334 e. The van der Waals surface area contributed by atoms with Crippen LogP contribution in [0.4, 0.5) is 0 Å². The maximum atomic E-state index is 12.4. The number of halogens is 2. The van der Waals surface area contributed by atoms with Crippen LogP contribution in [-0.4, -0.2) is 29.3 Å². The molecular weight excluding hydrogens is 257 g/mol. The van der Waals surface area contributed by atoms with E-state index < -0.39 is 0 Å². The van der Waals surface area contributed by atoms with Gasteiger partial charge in [0.1, 0.15) is 0 Å². The summed E-state index contributed by atoms with van der Waals surface area (Å²) in [7, 11) is 0. The van der Waals surface area contributed by atoms with Crippen LogP contribution in [0, 0.1) is 6.92 Å². The van der Waals surface area contributed by atoms with Gasteiger partial charge < -0.3 is 4.90 Å². The van der Waals surface area contributed by atoms with E-state index in [4.69, 9.17) is 23.2 Å². The number of likely N-dealkylation sites (tertiary alicyclic amines) is 1. The Morgan fingerprint density at radius 2 is 2.29 bits per heavy atom. The highest BCUT2D eigenvalue weighted by Crippen LogP contribution is 2.24. The number of hydrogen-bond donors (Lipinski definition) is 0. The van der Waals surface area contributed by atoms with Crippen LogP contribution in [0.3, 0.4) is 0 Å². The molecule has 17 heavy (non-hydrogen) atoms. The summed E-state index contributed by atoms with van der Waals surface area (Å²) in [6.45, 7) is 2.72. The van der Waals surface area contributed by atoms with Crippen LogP contribution in [-0.2, 0) is 0 Å². The minimum atomic E-state index is 0.0492. The Bertz CT molecular complexity index is 433. The zero-order chi connectivity index (χ0) is 12.4. The fourth-order valence-corrected chi connectivity index (χ4v) is 2.74. The number of aryl methyl sites for hydroxylation is 1. The monoisotopic (exact) mass is 271 g/mol. The first kappa shape index (κ1) is 12.7. The van der Waals surface area contributed by atoms with Crippen LogP contribution in [0.1, 0.15) is 28.8 Å². The average Bonchev–Trinajstić information content (AvgIpc) is 2.79. The highest BCUT2D eigenvalue weighted by Gasteiger charge is 2.29.